The molecule has 1 atom stereocenters. The lowest BCUT2D eigenvalue weighted by molar-refractivity contribution is 0.233. The maximum atomic E-state index is 4.12. The van der Waals surface area contributed by atoms with Crippen molar-refractivity contribution < 1.29 is 0 Å². The Morgan fingerprint density at radius 2 is 2.11 bits per heavy atom. The van der Waals surface area contributed by atoms with Crippen molar-refractivity contribution in [3.63, 3.8) is 0 Å². The number of aromatic nitrogens is 1. The molecule has 1 aliphatic rings. The van der Waals surface area contributed by atoms with Crippen molar-refractivity contribution in [2.75, 3.05) is 20.1 Å². The second-order valence-electron chi connectivity index (χ2n) is 7.34. The van der Waals surface area contributed by atoms with E-state index in [1.165, 1.54) is 41.5 Å². The normalized spacial score (nSPS) is 17.1. The number of H-pyrrole nitrogens is 1. The molecule has 1 aliphatic heterocycles. The highest BCUT2D eigenvalue weighted by molar-refractivity contribution is 5.81. The second kappa shape index (κ2) is 10.8. The van der Waals surface area contributed by atoms with Gasteiger partial charge < -0.3 is 20.5 Å². The van der Waals surface area contributed by atoms with Gasteiger partial charge in [0.05, 0.1) is 12.4 Å². The predicted molar refractivity (Wildman–Crippen MR) is 118 cm³/mol. The van der Waals surface area contributed by atoms with E-state index in [-0.39, 0.29) is 0 Å². The molecule has 27 heavy (non-hydrogen) atoms. The summed E-state index contributed by atoms with van der Waals surface area (Å²) in [6.45, 7) is 14.9. The topological polar surface area (TPSA) is 43.1 Å². The Labute approximate surface area is 164 Å². The zero-order valence-corrected chi connectivity index (χ0v) is 17.3. The molecule has 4 nitrogen and oxygen atoms in total. The van der Waals surface area contributed by atoms with Crippen LogP contribution in [0.5, 0.6) is 0 Å². The maximum absolute atomic E-state index is 4.12. The average molecular weight is 369 g/mol. The Balaban J connectivity index is 0.000000596. The molecule has 3 N–H and O–H groups in total. The highest BCUT2D eigenvalue weighted by Gasteiger charge is 2.16. The van der Waals surface area contributed by atoms with Crippen LogP contribution in [0.1, 0.15) is 44.4 Å². The molecule has 4 heteroatoms. The first-order valence-electron chi connectivity index (χ1n) is 10.1. The van der Waals surface area contributed by atoms with Crippen LogP contribution in [0.3, 0.4) is 0 Å². The van der Waals surface area contributed by atoms with Crippen molar-refractivity contribution in [1.29, 1.82) is 0 Å². The largest absolute Gasteiger partial charge is 0.368 e. The number of likely N-dealkylation sites (N-methyl/N-ethyl adjacent to an activating group) is 1. The third-order valence-electron chi connectivity index (χ3n) is 4.93. The van der Waals surface area contributed by atoms with E-state index >= 15 is 0 Å². The van der Waals surface area contributed by atoms with Gasteiger partial charge in [0.2, 0.25) is 0 Å². The van der Waals surface area contributed by atoms with Crippen LogP contribution >= 0.6 is 0 Å². The molecule has 1 saturated heterocycles. The Hall–Kier alpha value is -2.20. The molecule has 3 rings (SSSR count). The fourth-order valence-electron chi connectivity index (χ4n) is 3.34. The highest BCUT2D eigenvalue weighted by atomic mass is 15.2. The van der Waals surface area contributed by atoms with Gasteiger partial charge in [0.1, 0.15) is 0 Å². The molecule has 0 aliphatic carbocycles. The molecule has 1 aromatic carbocycles. The van der Waals surface area contributed by atoms with E-state index in [1.54, 1.807) is 0 Å². The summed E-state index contributed by atoms with van der Waals surface area (Å²) in [4.78, 5) is 5.85. The van der Waals surface area contributed by atoms with Crippen LogP contribution in [0.4, 0.5) is 0 Å². The molecule has 2 aromatic rings. The number of aromatic amines is 1. The van der Waals surface area contributed by atoms with Crippen molar-refractivity contribution in [2.24, 2.45) is 0 Å². The van der Waals surface area contributed by atoms with Gasteiger partial charge in [-0.15, -0.1) is 6.58 Å². The van der Waals surface area contributed by atoms with Crippen molar-refractivity contribution in [3.05, 3.63) is 60.6 Å². The highest BCUT2D eigenvalue weighted by Crippen LogP contribution is 2.18. The number of likely N-dealkylation sites (tertiary alicyclic amines) is 1. The van der Waals surface area contributed by atoms with Crippen LogP contribution in [0.2, 0.25) is 0 Å². The number of hydrogen-bond donors (Lipinski definition) is 3. The SMILES string of the molecule is C=C(NCc1cc2cc(CC)ccc2[nH]1)NC1CCCN(C)C1.C=CCC. The molecule has 1 aromatic heterocycles. The molecule has 0 radical (unpaired) electrons. The first-order valence-corrected chi connectivity index (χ1v) is 10.1. The lowest BCUT2D eigenvalue weighted by Gasteiger charge is -2.31. The van der Waals surface area contributed by atoms with Gasteiger partial charge in [-0.05, 0) is 68.4 Å². The van der Waals surface area contributed by atoms with Crippen LogP contribution in [-0.2, 0) is 13.0 Å². The van der Waals surface area contributed by atoms with Gasteiger partial charge in [-0.3, -0.25) is 0 Å². The summed E-state index contributed by atoms with van der Waals surface area (Å²) in [5.74, 6) is 0.915. The number of nitrogens with one attached hydrogen (secondary N) is 3. The molecule has 0 amide bonds. The van der Waals surface area contributed by atoms with Gasteiger partial charge in [-0.1, -0.05) is 32.6 Å². The summed E-state index contributed by atoms with van der Waals surface area (Å²) < 4.78 is 0. The molecule has 148 valence electrons. The minimum atomic E-state index is 0.503. The van der Waals surface area contributed by atoms with Gasteiger partial charge in [-0.2, -0.15) is 0 Å². The third kappa shape index (κ3) is 6.79. The first-order chi connectivity index (χ1) is 13.0. The van der Waals surface area contributed by atoms with Gasteiger partial charge >= 0.3 is 0 Å². The molecule has 0 bridgehead atoms. The fraction of sp³-hybridized carbons (Fsp3) is 0.478. The van der Waals surface area contributed by atoms with Gasteiger partial charge in [0.25, 0.3) is 0 Å². The van der Waals surface area contributed by atoms with E-state index in [0.29, 0.717) is 6.04 Å². The molecule has 1 unspecified atom stereocenters. The van der Waals surface area contributed by atoms with Gasteiger partial charge in [-0.25, -0.2) is 0 Å². The standard InChI is InChI=1S/C19H28N4.C4H8/c1-4-15-7-8-19-16(10-15)11-18(22-19)12-20-14(2)21-17-6-5-9-23(3)13-17;1-3-4-2/h7-8,10-11,17,20-22H,2,4-6,9,12-13H2,1,3H3;3H,1,4H2,2H3. The van der Waals surface area contributed by atoms with E-state index in [1.807, 2.05) is 6.08 Å². The lowest BCUT2D eigenvalue weighted by Crippen LogP contribution is -2.45. The number of aryl methyl sites for hydroxylation is 1. The second-order valence-corrected chi connectivity index (χ2v) is 7.34. The van der Waals surface area contributed by atoms with E-state index in [9.17, 15) is 0 Å². The summed E-state index contributed by atoms with van der Waals surface area (Å²) in [6.07, 6.45) is 6.51. The summed E-state index contributed by atoms with van der Waals surface area (Å²) in [5.41, 5.74) is 3.77. The van der Waals surface area contributed by atoms with Gasteiger partial charge in [0.15, 0.2) is 0 Å². The summed E-state index contributed by atoms with van der Waals surface area (Å²) >= 11 is 0. The number of hydrogen-bond acceptors (Lipinski definition) is 3. The van der Waals surface area contributed by atoms with Crippen LogP contribution < -0.4 is 10.6 Å². The van der Waals surface area contributed by atoms with E-state index < -0.39 is 0 Å². The van der Waals surface area contributed by atoms with E-state index in [0.717, 1.165) is 31.8 Å². The van der Waals surface area contributed by atoms with Crippen LogP contribution in [0, 0.1) is 0 Å². The van der Waals surface area contributed by atoms with Crippen molar-refractivity contribution in [3.8, 4) is 0 Å². The average Bonchev–Trinajstić information content (AvgIpc) is 3.08. The number of benzene rings is 1. The quantitative estimate of drug-likeness (QED) is 0.628. The Kier molecular flexibility index (Phi) is 8.46. The van der Waals surface area contributed by atoms with Crippen molar-refractivity contribution >= 4 is 10.9 Å². The minimum Gasteiger partial charge on any atom is -0.368 e. The molecule has 0 saturated carbocycles. The zero-order chi connectivity index (χ0) is 19.6. The zero-order valence-electron chi connectivity index (χ0n) is 17.3. The molecular formula is C23H36N4. The first kappa shape index (κ1) is 21.1. The smallest absolute Gasteiger partial charge is 0.0918 e. The Bertz CT molecular complexity index is 731. The van der Waals surface area contributed by atoms with Gasteiger partial charge in [0, 0.05) is 23.8 Å². The molecule has 0 spiro atoms. The monoisotopic (exact) mass is 368 g/mol. The summed E-state index contributed by atoms with van der Waals surface area (Å²) in [5, 5.41) is 8.19. The summed E-state index contributed by atoms with van der Waals surface area (Å²) in [6, 6.07) is 9.35. The van der Waals surface area contributed by atoms with Crippen LogP contribution in [-0.4, -0.2) is 36.1 Å². The van der Waals surface area contributed by atoms with Crippen molar-refractivity contribution in [1.82, 2.24) is 20.5 Å². The maximum Gasteiger partial charge on any atom is 0.0918 e. The molecule has 2 heterocycles. The number of nitrogens with zero attached hydrogens (tertiary/aromatic N) is 1. The molecule has 1 fully saturated rings. The minimum absolute atomic E-state index is 0.503. The molecular weight excluding hydrogens is 332 g/mol. The van der Waals surface area contributed by atoms with Crippen LogP contribution in [0.15, 0.2) is 49.3 Å². The third-order valence-corrected chi connectivity index (χ3v) is 4.93. The predicted octanol–water partition coefficient (Wildman–Crippen LogP) is 4.56. The number of fused-ring (bicyclic) bond motifs is 1. The van der Waals surface area contributed by atoms with E-state index in [4.69, 9.17) is 0 Å². The lowest BCUT2D eigenvalue weighted by atomic mass is 10.1. The number of piperidine rings is 1. The Morgan fingerprint density at radius 3 is 2.78 bits per heavy atom. The van der Waals surface area contributed by atoms with Crippen LogP contribution in [0.25, 0.3) is 10.9 Å². The van der Waals surface area contributed by atoms with E-state index in [2.05, 4.69) is 78.8 Å². The van der Waals surface area contributed by atoms with Crippen molar-refractivity contribution in [2.45, 2.75) is 52.1 Å². The Morgan fingerprint density at radius 1 is 1.33 bits per heavy atom. The fourth-order valence-corrected chi connectivity index (χ4v) is 3.34. The number of allylic oxidation sites excluding steroid dienone is 1. The number of rotatable bonds is 7. The summed E-state index contributed by atoms with van der Waals surface area (Å²) in [7, 11) is 2.18.